The summed E-state index contributed by atoms with van der Waals surface area (Å²) in [6, 6.07) is 26.7. The van der Waals surface area contributed by atoms with Crippen molar-refractivity contribution in [3.63, 3.8) is 0 Å². The Balaban J connectivity index is 1.33. The Hall–Kier alpha value is -2.82. The first-order valence-electron chi connectivity index (χ1n) is 12.6. The molecule has 0 radical (unpaired) electrons. The SMILES string of the molecule is CCOC(=O)C(C)(CCCN1CCN(c2cccc(-c3ccccc3Cl)c2)CC1)c1ccccc1. The Morgan fingerprint density at radius 1 is 0.943 bits per heavy atom. The van der Waals surface area contributed by atoms with Crippen LogP contribution in [0.25, 0.3) is 11.1 Å². The number of rotatable bonds is 9. The molecule has 1 saturated heterocycles. The summed E-state index contributed by atoms with van der Waals surface area (Å²) in [7, 11) is 0. The molecule has 4 rings (SSSR count). The zero-order valence-corrected chi connectivity index (χ0v) is 21.5. The summed E-state index contributed by atoms with van der Waals surface area (Å²) in [5, 5.41) is 0.778. The van der Waals surface area contributed by atoms with Crippen molar-refractivity contribution in [2.45, 2.75) is 32.1 Å². The molecule has 1 aliphatic heterocycles. The van der Waals surface area contributed by atoms with Crippen molar-refractivity contribution in [2.24, 2.45) is 0 Å². The van der Waals surface area contributed by atoms with Gasteiger partial charge < -0.3 is 9.64 Å². The molecule has 0 bridgehead atoms. The van der Waals surface area contributed by atoms with E-state index in [1.165, 1.54) is 5.69 Å². The summed E-state index contributed by atoms with van der Waals surface area (Å²) < 4.78 is 5.45. The standard InChI is InChI=1S/C30H35ClN2O2/c1-3-35-29(34)30(2,25-12-5-4-6-13-25)17-10-18-32-19-21-33(22-20-32)26-14-9-11-24(23-26)27-15-7-8-16-28(27)31/h4-9,11-16,23H,3,10,17-22H2,1-2H3. The average Bonchev–Trinajstić information content (AvgIpc) is 2.90. The van der Waals surface area contributed by atoms with Crippen LogP contribution in [0.3, 0.4) is 0 Å². The van der Waals surface area contributed by atoms with Crippen molar-refractivity contribution >= 4 is 23.3 Å². The molecule has 1 unspecified atom stereocenters. The predicted octanol–water partition coefficient (Wildman–Crippen LogP) is 6.43. The monoisotopic (exact) mass is 490 g/mol. The Morgan fingerprint density at radius 3 is 2.37 bits per heavy atom. The topological polar surface area (TPSA) is 32.8 Å². The zero-order chi connectivity index (χ0) is 24.7. The fourth-order valence-electron chi connectivity index (χ4n) is 4.91. The molecule has 0 aliphatic carbocycles. The lowest BCUT2D eigenvalue weighted by Crippen LogP contribution is -2.47. The van der Waals surface area contributed by atoms with Crippen molar-refractivity contribution < 1.29 is 9.53 Å². The molecule has 1 atom stereocenters. The first kappa shape index (κ1) is 25.3. The third-order valence-electron chi connectivity index (χ3n) is 7.06. The zero-order valence-electron chi connectivity index (χ0n) is 20.8. The minimum Gasteiger partial charge on any atom is -0.465 e. The number of anilines is 1. The Bertz CT molecular complexity index is 1110. The third kappa shape index (κ3) is 6.06. The molecule has 4 nitrogen and oxygen atoms in total. The summed E-state index contributed by atoms with van der Waals surface area (Å²) in [6.45, 7) is 9.27. The van der Waals surface area contributed by atoms with Gasteiger partial charge in [-0.15, -0.1) is 0 Å². The Kier molecular flexibility index (Phi) is 8.48. The molecule has 184 valence electrons. The first-order chi connectivity index (χ1) is 17.0. The molecule has 0 amide bonds. The lowest BCUT2D eigenvalue weighted by atomic mass is 9.78. The van der Waals surface area contributed by atoms with Gasteiger partial charge in [-0.1, -0.05) is 72.3 Å². The van der Waals surface area contributed by atoms with Gasteiger partial charge in [0.2, 0.25) is 0 Å². The van der Waals surface area contributed by atoms with Crippen LogP contribution in [0.4, 0.5) is 5.69 Å². The first-order valence-corrected chi connectivity index (χ1v) is 12.9. The molecular weight excluding hydrogens is 456 g/mol. The highest BCUT2D eigenvalue weighted by Crippen LogP contribution is 2.32. The molecule has 5 heteroatoms. The van der Waals surface area contributed by atoms with Crippen molar-refractivity contribution in [3.8, 4) is 11.1 Å². The van der Waals surface area contributed by atoms with E-state index in [1.807, 2.05) is 62.4 Å². The van der Waals surface area contributed by atoms with Crippen LogP contribution in [-0.2, 0) is 14.9 Å². The van der Waals surface area contributed by atoms with E-state index in [9.17, 15) is 4.79 Å². The van der Waals surface area contributed by atoms with Gasteiger partial charge in [-0.2, -0.15) is 0 Å². The molecule has 0 saturated carbocycles. The molecule has 1 fully saturated rings. The highest BCUT2D eigenvalue weighted by atomic mass is 35.5. The number of hydrogen-bond donors (Lipinski definition) is 0. The molecule has 0 N–H and O–H groups in total. The summed E-state index contributed by atoms with van der Waals surface area (Å²) in [4.78, 5) is 17.8. The van der Waals surface area contributed by atoms with Gasteiger partial charge in [0.25, 0.3) is 0 Å². The maximum atomic E-state index is 12.8. The van der Waals surface area contributed by atoms with Gasteiger partial charge >= 0.3 is 5.97 Å². The van der Waals surface area contributed by atoms with Crippen LogP contribution in [0.2, 0.25) is 5.02 Å². The van der Waals surface area contributed by atoms with Crippen LogP contribution in [-0.4, -0.2) is 50.2 Å². The minimum absolute atomic E-state index is 0.130. The van der Waals surface area contributed by atoms with E-state index in [0.717, 1.165) is 67.3 Å². The molecule has 1 aliphatic rings. The highest BCUT2D eigenvalue weighted by molar-refractivity contribution is 6.33. The number of halogens is 1. The van der Waals surface area contributed by atoms with E-state index >= 15 is 0 Å². The van der Waals surface area contributed by atoms with Crippen LogP contribution in [0.15, 0.2) is 78.9 Å². The molecule has 3 aromatic rings. The van der Waals surface area contributed by atoms with Crippen molar-refractivity contribution in [2.75, 3.05) is 44.2 Å². The molecule has 0 spiro atoms. The van der Waals surface area contributed by atoms with Crippen LogP contribution in [0.1, 0.15) is 32.3 Å². The van der Waals surface area contributed by atoms with Crippen molar-refractivity contribution in [1.82, 2.24) is 4.90 Å². The summed E-state index contributed by atoms with van der Waals surface area (Å²) in [5.41, 5.74) is 3.87. The van der Waals surface area contributed by atoms with Gasteiger partial charge in [-0.25, -0.2) is 0 Å². The van der Waals surface area contributed by atoms with Gasteiger partial charge in [0.1, 0.15) is 0 Å². The maximum absolute atomic E-state index is 12.8. The Labute approximate surface area is 214 Å². The van der Waals surface area contributed by atoms with Crippen LogP contribution < -0.4 is 4.90 Å². The molecule has 3 aromatic carbocycles. The fraction of sp³-hybridized carbons (Fsp3) is 0.367. The number of esters is 1. The molecular formula is C30H35ClN2O2. The smallest absolute Gasteiger partial charge is 0.316 e. The van der Waals surface area contributed by atoms with E-state index in [2.05, 4.69) is 40.1 Å². The number of nitrogens with zero attached hydrogens (tertiary/aromatic N) is 2. The van der Waals surface area contributed by atoms with E-state index < -0.39 is 5.41 Å². The van der Waals surface area contributed by atoms with Gasteiger partial charge in [-0.3, -0.25) is 9.69 Å². The number of ether oxygens (including phenoxy) is 1. The second-order valence-corrected chi connectivity index (χ2v) is 9.79. The normalized spacial score (nSPS) is 16.0. The molecule has 35 heavy (non-hydrogen) atoms. The quantitative estimate of drug-likeness (QED) is 0.323. The van der Waals surface area contributed by atoms with Gasteiger partial charge in [0.15, 0.2) is 0 Å². The Morgan fingerprint density at radius 2 is 1.66 bits per heavy atom. The number of carbonyl (C=O) groups is 1. The van der Waals surface area contributed by atoms with Crippen molar-refractivity contribution in [1.29, 1.82) is 0 Å². The van der Waals surface area contributed by atoms with Crippen LogP contribution >= 0.6 is 11.6 Å². The number of benzene rings is 3. The maximum Gasteiger partial charge on any atom is 0.316 e. The fourth-order valence-corrected chi connectivity index (χ4v) is 5.16. The van der Waals surface area contributed by atoms with Gasteiger partial charge in [0.05, 0.1) is 12.0 Å². The van der Waals surface area contributed by atoms with E-state index in [-0.39, 0.29) is 5.97 Å². The van der Waals surface area contributed by atoms with E-state index in [4.69, 9.17) is 16.3 Å². The second-order valence-electron chi connectivity index (χ2n) is 9.38. The van der Waals surface area contributed by atoms with E-state index in [1.54, 1.807) is 0 Å². The summed E-state index contributed by atoms with van der Waals surface area (Å²) >= 11 is 6.42. The van der Waals surface area contributed by atoms with E-state index in [0.29, 0.717) is 6.61 Å². The van der Waals surface area contributed by atoms with Crippen LogP contribution in [0, 0.1) is 0 Å². The van der Waals surface area contributed by atoms with Crippen LogP contribution in [0.5, 0.6) is 0 Å². The molecule has 0 aromatic heterocycles. The van der Waals surface area contributed by atoms with Crippen molar-refractivity contribution in [3.05, 3.63) is 89.4 Å². The minimum atomic E-state index is -0.613. The third-order valence-corrected chi connectivity index (χ3v) is 7.39. The van der Waals surface area contributed by atoms with Gasteiger partial charge in [0, 0.05) is 42.5 Å². The lowest BCUT2D eigenvalue weighted by Gasteiger charge is -2.37. The second kappa shape index (κ2) is 11.7. The number of carbonyl (C=O) groups excluding carboxylic acids is 1. The predicted molar refractivity (Wildman–Crippen MR) is 145 cm³/mol. The summed E-state index contributed by atoms with van der Waals surface area (Å²) in [5.74, 6) is -0.130. The number of hydrogen-bond acceptors (Lipinski definition) is 4. The number of piperazine rings is 1. The molecule has 1 heterocycles. The highest BCUT2D eigenvalue weighted by Gasteiger charge is 2.36. The average molecular weight is 491 g/mol. The summed E-state index contributed by atoms with van der Waals surface area (Å²) in [6.07, 6.45) is 1.72. The van der Waals surface area contributed by atoms with Gasteiger partial charge in [-0.05, 0) is 62.6 Å². The lowest BCUT2D eigenvalue weighted by molar-refractivity contribution is -0.149. The largest absolute Gasteiger partial charge is 0.465 e.